The Balaban J connectivity index is 0.00000138. The van der Waals surface area contributed by atoms with Gasteiger partial charge in [0.05, 0.1) is 28.4 Å². The van der Waals surface area contributed by atoms with E-state index in [9.17, 15) is 25.9 Å². The first-order chi connectivity index (χ1) is 23.8. The van der Waals surface area contributed by atoms with Crippen molar-refractivity contribution in [3.05, 3.63) is 101 Å². The third-order valence-electron chi connectivity index (χ3n) is 7.23. The average molecular weight is 752 g/mol. The van der Waals surface area contributed by atoms with Crippen molar-refractivity contribution >= 4 is 81.4 Å². The molecule has 0 radical (unpaired) electrons. The zero-order valence-corrected chi connectivity index (χ0v) is 29.7. The molecule has 5 aromatic rings. The van der Waals surface area contributed by atoms with E-state index in [1.165, 1.54) is 12.1 Å². The van der Waals surface area contributed by atoms with Crippen molar-refractivity contribution in [3.63, 3.8) is 0 Å². The van der Waals surface area contributed by atoms with Crippen molar-refractivity contribution in [1.82, 2.24) is 0 Å². The molecule has 5 rings (SSSR count). The molecule has 0 aliphatic carbocycles. The van der Waals surface area contributed by atoms with E-state index < -0.39 is 40.6 Å². The summed E-state index contributed by atoms with van der Waals surface area (Å²) >= 11 is 0. The number of fused-ring (bicyclic) bond motifs is 1. The molecule has 0 atom stereocenters. The molecule has 0 fully saturated rings. The number of nitrogens with zero attached hydrogens (tertiary/aromatic N) is 6. The second-order valence-corrected chi connectivity index (χ2v) is 14.2. The highest BCUT2D eigenvalue weighted by atomic mass is 32.2. The summed E-state index contributed by atoms with van der Waals surface area (Å²) in [5.41, 5.74) is 12.5. The van der Waals surface area contributed by atoms with Gasteiger partial charge in [-0.25, -0.2) is 0 Å². The summed E-state index contributed by atoms with van der Waals surface area (Å²) in [7, 11) is -12.5. The highest BCUT2D eigenvalue weighted by Crippen LogP contribution is 2.36. The van der Waals surface area contributed by atoms with Gasteiger partial charge in [0.2, 0.25) is 0 Å². The minimum absolute atomic E-state index is 0.00205. The van der Waals surface area contributed by atoms with Gasteiger partial charge in [0, 0.05) is 11.1 Å². The van der Waals surface area contributed by atoms with Crippen molar-refractivity contribution in [2.24, 2.45) is 30.7 Å². The molecular weight excluding hydrogens is 723 g/mol. The van der Waals surface area contributed by atoms with Crippen LogP contribution in [0, 0.1) is 27.7 Å². The summed E-state index contributed by atoms with van der Waals surface area (Å²) in [5.74, 6) is 0. The molecule has 0 saturated heterocycles. The first-order valence-corrected chi connectivity index (χ1v) is 18.3. The Hall–Kier alpha value is -5.60. The number of rotatable bonds is 8. The van der Waals surface area contributed by atoms with Gasteiger partial charge in [-0.2, -0.15) is 42.4 Å². The summed E-state index contributed by atoms with van der Waals surface area (Å²) in [5, 5.41) is 25.7. The lowest BCUT2D eigenvalue weighted by atomic mass is 10.1. The van der Waals surface area contributed by atoms with E-state index in [4.69, 9.17) is 18.4 Å². The topological polar surface area (TPSA) is 260 Å². The maximum absolute atomic E-state index is 12.1. The molecule has 4 N–H and O–H groups in total. The summed E-state index contributed by atoms with van der Waals surface area (Å²) in [6.45, 7) is 7.46. The van der Waals surface area contributed by atoms with Crippen molar-refractivity contribution < 1.29 is 38.6 Å². The second kappa shape index (κ2) is 15.5. The predicted molar refractivity (Wildman–Crippen MR) is 188 cm³/mol. The Morgan fingerprint density at radius 2 is 1.00 bits per heavy atom. The number of azo groups is 3. The molecular formula is C32H29N7O9S3. The van der Waals surface area contributed by atoms with Crippen LogP contribution in [0.5, 0.6) is 0 Å². The number of nitrogens with two attached hydrogens (primary N) is 1. The zero-order chi connectivity index (χ0) is 37.7. The molecule has 5 aromatic carbocycles. The highest BCUT2D eigenvalue weighted by molar-refractivity contribution is 7.86. The standard InChI is InChI=1S/C32H29N7O6S2.O3S/c1-18-15-29(21(4)14-26(18)33)38-35-24-8-10-27(19(2)12-24)36-34-23-9-11-28(20(3)13-23)37-39-30-17-25-22(16-32(30)47(43,44)45)6-5-7-31(25)46(40,41)42;1-4(2)3/h5-17H,33H2,1-4H3,(H,40,41,42)(H,43,44,45);. The SMILES string of the molecule is Cc1cc(N=Nc2ccc(N=Nc3ccc(N=Nc4cc5c(S(=O)(=O)O)cccc5cc4S(=O)(=O)O)c(C)c3)c(C)c2)c(C)cc1N.O=S(=O)=O. The first-order valence-electron chi connectivity index (χ1n) is 14.4. The molecule has 0 aliphatic heterocycles. The van der Waals surface area contributed by atoms with Crippen LogP contribution < -0.4 is 5.73 Å². The predicted octanol–water partition coefficient (Wildman–Crippen LogP) is 8.39. The van der Waals surface area contributed by atoms with Gasteiger partial charge < -0.3 is 5.73 Å². The third-order valence-corrected chi connectivity index (χ3v) is 9.03. The lowest BCUT2D eigenvalue weighted by Gasteiger charge is -2.08. The van der Waals surface area contributed by atoms with Crippen LogP contribution >= 0.6 is 0 Å². The maximum Gasteiger partial charge on any atom is 0.425 e. The van der Waals surface area contributed by atoms with Crippen LogP contribution in [0.3, 0.4) is 0 Å². The Kier molecular flexibility index (Phi) is 11.6. The van der Waals surface area contributed by atoms with Gasteiger partial charge in [0.1, 0.15) is 15.5 Å². The van der Waals surface area contributed by atoms with Crippen molar-refractivity contribution in [2.45, 2.75) is 37.5 Å². The van der Waals surface area contributed by atoms with E-state index in [1.807, 2.05) is 39.0 Å². The lowest BCUT2D eigenvalue weighted by Crippen LogP contribution is -2.01. The Bertz CT molecular complexity index is 2600. The summed E-state index contributed by atoms with van der Waals surface area (Å²) in [4.78, 5) is -1.03. The fourth-order valence-electron chi connectivity index (χ4n) is 4.66. The molecule has 0 saturated carbocycles. The van der Waals surface area contributed by atoms with Crippen LogP contribution in [0.1, 0.15) is 22.3 Å². The van der Waals surface area contributed by atoms with Crippen LogP contribution in [0.4, 0.5) is 39.8 Å². The molecule has 264 valence electrons. The number of anilines is 1. The van der Waals surface area contributed by atoms with E-state index >= 15 is 0 Å². The highest BCUT2D eigenvalue weighted by Gasteiger charge is 2.21. The monoisotopic (exact) mass is 751 g/mol. The van der Waals surface area contributed by atoms with E-state index in [-0.39, 0.29) is 16.5 Å². The number of benzene rings is 5. The van der Waals surface area contributed by atoms with Gasteiger partial charge in [-0.15, -0.1) is 17.7 Å². The molecule has 0 aromatic heterocycles. The van der Waals surface area contributed by atoms with Crippen LogP contribution in [0.25, 0.3) is 10.8 Å². The van der Waals surface area contributed by atoms with Gasteiger partial charge in [-0.1, -0.05) is 12.1 Å². The molecule has 51 heavy (non-hydrogen) atoms. The molecule has 0 amide bonds. The van der Waals surface area contributed by atoms with Crippen molar-refractivity contribution in [2.75, 3.05) is 5.73 Å². The van der Waals surface area contributed by atoms with Gasteiger partial charge in [-0.05, 0) is 122 Å². The second-order valence-electron chi connectivity index (χ2n) is 11.0. The number of nitrogen functional groups attached to an aromatic ring is 1. The van der Waals surface area contributed by atoms with Crippen LogP contribution in [-0.4, -0.2) is 38.6 Å². The summed E-state index contributed by atoms with van der Waals surface area (Å²) in [6, 6.07) is 20.2. The molecule has 0 spiro atoms. The fraction of sp³-hybridized carbons (Fsp3) is 0.125. The van der Waals surface area contributed by atoms with Crippen LogP contribution in [-0.2, 0) is 30.8 Å². The average Bonchev–Trinajstić information content (AvgIpc) is 3.03. The lowest BCUT2D eigenvalue weighted by molar-refractivity contribution is 0.482. The zero-order valence-electron chi connectivity index (χ0n) is 27.2. The molecule has 0 heterocycles. The first kappa shape index (κ1) is 38.2. The van der Waals surface area contributed by atoms with E-state index in [0.29, 0.717) is 34.0 Å². The quantitative estimate of drug-likeness (QED) is 0.0774. The molecule has 0 bridgehead atoms. The van der Waals surface area contributed by atoms with Gasteiger partial charge in [0.15, 0.2) is 0 Å². The normalized spacial score (nSPS) is 12.1. The van der Waals surface area contributed by atoms with Gasteiger partial charge >= 0.3 is 10.6 Å². The number of hydrogen-bond acceptors (Lipinski definition) is 14. The molecule has 19 heteroatoms. The Morgan fingerprint density at radius 1 is 0.529 bits per heavy atom. The van der Waals surface area contributed by atoms with Crippen molar-refractivity contribution in [1.29, 1.82) is 0 Å². The van der Waals surface area contributed by atoms with Crippen molar-refractivity contribution in [3.8, 4) is 0 Å². The van der Waals surface area contributed by atoms with E-state index in [1.54, 1.807) is 37.3 Å². The van der Waals surface area contributed by atoms with Crippen LogP contribution in [0.2, 0.25) is 0 Å². The number of hydrogen-bond donors (Lipinski definition) is 3. The molecule has 16 nitrogen and oxygen atoms in total. The van der Waals surface area contributed by atoms with Gasteiger partial charge in [-0.3, -0.25) is 9.11 Å². The summed E-state index contributed by atoms with van der Waals surface area (Å²) in [6.07, 6.45) is 0. The summed E-state index contributed by atoms with van der Waals surface area (Å²) < 4.78 is 92.7. The third kappa shape index (κ3) is 9.99. The molecule has 0 aliphatic rings. The number of aryl methyl sites for hydroxylation is 4. The smallest absolute Gasteiger partial charge is 0.399 e. The molecule has 0 unspecified atom stereocenters. The minimum atomic E-state index is -4.76. The Morgan fingerprint density at radius 3 is 1.51 bits per heavy atom. The minimum Gasteiger partial charge on any atom is -0.399 e. The van der Waals surface area contributed by atoms with E-state index in [2.05, 4.69) is 30.7 Å². The van der Waals surface area contributed by atoms with Crippen LogP contribution in [0.15, 0.2) is 119 Å². The van der Waals surface area contributed by atoms with Gasteiger partial charge in [0.25, 0.3) is 20.2 Å². The fourth-order valence-corrected chi connectivity index (χ4v) is 6.01. The Labute approximate surface area is 294 Å². The van der Waals surface area contributed by atoms with E-state index in [0.717, 1.165) is 40.6 Å². The largest absolute Gasteiger partial charge is 0.425 e. The maximum atomic E-state index is 12.1.